The van der Waals surface area contributed by atoms with E-state index in [1.165, 1.54) is 11.6 Å². The molecule has 1 amide bonds. The van der Waals surface area contributed by atoms with Gasteiger partial charge in [-0.2, -0.15) is 0 Å². The molecule has 0 bridgehead atoms. The van der Waals surface area contributed by atoms with Gasteiger partial charge in [-0.1, -0.05) is 54.6 Å². The fraction of sp³-hybridized carbons (Fsp3) is 0.200. The van der Waals surface area contributed by atoms with E-state index in [-0.39, 0.29) is 11.5 Å². The van der Waals surface area contributed by atoms with Crippen molar-refractivity contribution in [2.45, 2.75) is 6.54 Å². The van der Waals surface area contributed by atoms with Gasteiger partial charge in [-0.3, -0.25) is 4.79 Å². The van der Waals surface area contributed by atoms with Gasteiger partial charge in [0.2, 0.25) is 5.95 Å². The highest BCUT2D eigenvalue weighted by molar-refractivity contribution is 5.94. The fourth-order valence-corrected chi connectivity index (χ4v) is 4.14. The molecule has 0 saturated carbocycles. The zero-order valence-electron chi connectivity index (χ0n) is 17.1. The Hall–Kier alpha value is -3.67. The number of hydrogen-bond acceptors (Lipinski definition) is 3. The second-order valence-electron chi connectivity index (χ2n) is 7.73. The van der Waals surface area contributed by atoms with Crippen molar-refractivity contribution < 1.29 is 9.18 Å². The number of hydrogen-bond donors (Lipinski definition) is 0. The van der Waals surface area contributed by atoms with Gasteiger partial charge in [-0.05, 0) is 29.8 Å². The van der Waals surface area contributed by atoms with E-state index in [1.54, 1.807) is 23.1 Å². The maximum Gasteiger partial charge on any atom is 0.256 e. The van der Waals surface area contributed by atoms with E-state index in [4.69, 9.17) is 4.98 Å². The topological polar surface area (TPSA) is 41.4 Å². The first kappa shape index (κ1) is 19.3. The standard InChI is InChI=1S/C25H23FN4O/c26-21-11-5-4-10-20(21)24(31)28-14-16-29(17-15-28)25-27-22-12-6-7-13-23(22)30(25)18-19-8-2-1-3-9-19/h1-13H,14-18H2. The van der Waals surface area contributed by atoms with Crippen molar-refractivity contribution in [1.82, 2.24) is 14.5 Å². The number of aromatic nitrogens is 2. The third-order valence-corrected chi connectivity index (χ3v) is 5.77. The summed E-state index contributed by atoms with van der Waals surface area (Å²) in [7, 11) is 0. The molecule has 3 aromatic carbocycles. The molecule has 5 rings (SSSR count). The van der Waals surface area contributed by atoms with Crippen LogP contribution in [0.1, 0.15) is 15.9 Å². The summed E-state index contributed by atoms with van der Waals surface area (Å²) in [6, 6.07) is 24.6. The molecule has 156 valence electrons. The quantitative estimate of drug-likeness (QED) is 0.503. The van der Waals surface area contributed by atoms with Crippen LogP contribution in [0.5, 0.6) is 0 Å². The molecule has 0 N–H and O–H groups in total. The number of anilines is 1. The molecular weight excluding hydrogens is 391 g/mol. The molecule has 2 heterocycles. The molecular formula is C25H23FN4O. The number of rotatable bonds is 4. The van der Waals surface area contributed by atoms with E-state index in [0.717, 1.165) is 23.5 Å². The molecule has 0 atom stereocenters. The van der Waals surface area contributed by atoms with E-state index in [9.17, 15) is 9.18 Å². The van der Waals surface area contributed by atoms with Crippen molar-refractivity contribution in [1.29, 1.82) is 0 Å². The minimum Gasteiger partial charge on any atom is -0.339 e. The van der Waals surface area contributed by atoms with Crippen LogP contribution < -0.4 is 4.90 Å². The minimum atomic E-state index is -0.473. The molecule has 1 aromatic heterocycles. The van der Waals surface area contributed by atoms with E-state index >= 15 is 0 Å². The number of imidazole rings is 1. The van der Waals surface area contributed by atoms with Gasteiger partial charge in [0, 0.05) is 26.2 Å². The molecule has 1 saturated heterocycles. The molecule has 0 aliphatic carbocycles. The van der Waals surface area contributed by atoms with Gasteiger partial charge >= 0.3 is 0 Å². The van der Waals surface area contributed by atoms with Crippen LogP contribution in [-0.2, 0) is 6.54 Å². The first-order chi connectivity index (χ1) is 15.2. The van der Waals surface area contributed by atoms with Gasteiger partial charge in [0.05, 0.1) is 23.1 Å². The summed E-state index contributed by atoms with van der Waals surface area (Å²) in [5.41, 5.74) is 3.39. The Kier molecular flexibility index (Phi) is 5.12. The van der Waals surface area contributed by atoms with Crippen LogP contribution in [0.4, 0.5) is 10.3 Å². The van der Waals surface area contributed by atoms with E-state index in [2.05, 4.69) is 27.7 Å². The van der Waals surface area contributed by atoms with Gasteiger partial charge in [0.15, 0.2) is 0 Å². The van der Waals surface area contributed by atoms with Crippen molar-refractivity contribution >= 4 is 22.9 Å². The largest absolute Gasteiger partial charge is 0.339 e. The zero-order valence-corrected chi connectivity index (χ0v) is 17.1. The summed E-state index contributed by atoms with van der Waals surface area (Å²) in [5.74, 6) is 0.179. The lowest BCUT2D eigenvalue weighted by molar-refractivity contribution is 0.0741. The van der Waals surface area contributed by atoms with Crippen LogP contribution >= 0.6 is 0 Å². The number of amides is 1. The monoisotopic (exact) mass is 414 g/mol. The van der Waals surface area contributed by atoms with Crippen LogP contribution in [0.3, 0.4) is 0 Å². The highest BCUT2D eigenvalue weighted by Crippen LogP contribution is 2.25. The third-order valence-electron chi connectivity index (χ3n) is 5.77. The Morgan fingerprint density at radius 1 is 0.839 bits per heavy atom. The Labute approximate surface area is 180 Å². The normalized spacial score (nSPS) is 14.2. The van der Waals surface area contributed by atoms with Gasteiger partial charge in [0.25, 0.3) is 5.91 Å². The average Bonchev–Trinajstić information content (AvgIpc) is 3.18. The van der Waals surface area contributed by atoms with Gasteiger partial charge in [0.1, 0.15) is 5.82 Å². The molecule has 0 radical (unpaired) electrons. The van der Waals surface area contributed by atoms with Crippen LogP contribution in [0.2, 0.25) is 0 Å². The maximum atomic E-state index is 14.0. The molecule has 1 aliphatic rings. The molecule has 6 heteroatoms. The molecule has 31 heavy (non-hydrogen) atoms. The number of piperazine rings is 1. The summed E-state index contributed by atoms with van der Waals surface area (Å²) in [5, 5.41) is 0. The van der Waals surface area contributed by atoms with Crippen LogP contribution in [-0.4, -0.2) is 46.5 Å². The van der Waals surface area contributed by atoms with Crippen molar-refractivity contribution in [3.63, 3.8) is 0 Å². The lowest BCUT2D eigenvalue weighted by Crippen LogP contribution is -2.49. The summed E-state index contributed by atoms with van der Waals surface area (Å²) >= 11 is 0. The third kappa shape index (κ3) is 3.77. The number of halogens is 1. The Bertz CT molecular complexity index is 1210. The van der Waals surface area contributed by atoms with E-state index in [1.807, 2.05) is 36.4 Å². The van der Waals surface area contributed by atoms with Crippen molar-refractivity contribution in [3.8, 4) is 0 Å². The fourth-order valence-electron chi connectivity index (χ4n) is 4.14. The predicted molar refractivity (Wildman–Crippen MR) is 120 cm³/mol. The SMILES string of the molecule is O=C(c1ccccc1F)N1CCN(c2nc3ccccc3n2Cc2ccccc2)CC1. The number of carbonyl (C=O) groups is 1. The van der Waals surface area contributed by atoms with E-state index in [0.29, 0.717) is 26.2 Å². The van der Waals surface area contributed by atoms with Crippen LogP contribution in [0, 0.1) is 5.82 Å². The molecule has 1 fully saturated rings. The van der Waals surface area contributed by atoms with Crippen molar-refractivity contribution in [3.05, 3.63) is 95.8 Å². The zero-order chi connectivity index (χ0) is 21.2. The van der Waals surface area contributed by atoms with Crippen LogP contribution in [0.15, 0.2) is 78.9 Å². The first-order valence-electron chi connectivity index (χ1n) is 10.5. The second kappa shape index (κ2) is 8.22. The molecule has 1 aliphatic heterocycles. The summed E-state index contributed by atoms with van der Waals surface area (Å²) in [6.45, 7) is 3.09. The van der Waals surface area contributed by atoms with Crippen LogP contribution in [0.25, 0.3) is 11.0 Å². The summed E-state index contributed by atoms with van der Waals surface area (Å²) in [4.78, 5) is 21.6. The van der Waals surface area contributed by atoms with Gasteiger partial charge < -0.3 is 14.4 Å². The average molecular weight is 414 g/mol. The van der Waals surface area contributed by atoms with Gasteiger partial charge in [-0.15, -0.1) is 0 Å². The number of fused-ring (bicyclic) bond motifs is 1. The summed E-state index contributed by atoms with van der Waals surface area (Å²) in [6.07, 6.45) is 0. The minimum absolute atomic E-state index is 0.132. The Morgan fingerprint density at radius 3 is 2.29 bits per heavy atom. The second-order valence-corrected chi connectivity index (χ2v) is 7.73. The Morgan fingerprint density at radius 2 is 1.52 bits per heavy atom. The first-order valence-corrected chi connectivity index (χ1v) is 10.5. The highest BCUT2D eigenvalue weighted by atomic mass is 19.1. The predicted octanol–water partition coefficient (Wildman–Crippen LogP) is 4.19. The maximum absolute atomic E-state index is 14.0. The molecule has 0 unspecified atom stereocenters. The smallest absolute Gasteiger partial charge is 0.256 e. The van der Waals surface area contributed by atoms with Gasteiger partial charge in [-0.25, -0.2) is 9.37 Å². The Balaban J connectivity index is 1.39. The number of carbonyl (C=O) groups excluding carboxylic acids is 1. The lowest BCUT2D eigenvalue weighted by atomic mass is 10.1. The summed E-state index contributed by atoms with van der Waals surface area (Å²) < 4.78 is 16.3. The van der Waals surface area contributed by atoms with E-state index < -0.39 is 5.82 Å². The lowest BCUT2D eigenvalue weighted by Gasteiger charge is -2.35. The molecule has 5 nitrogen and oxygen atoms in total. The molecule has 0 spiro atoms. The number of benzene rings is 3. The van der Waals surface area contributed by atoms with Crippen molar-refractivity contribution in [2.75, 3.05) is 31.1 Å². The van der Waals surface area contributed by atoms with Crippen molar-refractivity contribution in [2.24, 2.45) is 0 Å². The number of nitrogens with zero attached hydrogens (tertiary/aromatic N) is 4. The number of para-hydroxylation sites is 2. The molecule has 4 aromatic rings. The highest BCUT2D eigenvalue weighted by Gasteiger charge is 2.26.